The molecule has 0 saturated carbocycles. The van der Waals surface area contributed by atoms with Crippen LogP contribution in [0.1, 0.15) is 38.7 Å². The predicted molar refractivity (Wildman–Crippen MR) is 70.8 cm³/mol. The molecular formula is C14H22N2O. The molecule has 0 fully saturated rings. The summed E-state index contributed by atoms with van der Waals surface area (Å²) in [5, 5.41) is 5.79. The minimum Gasteiger partial charge on any atom is -0.336 e. The highest BCUT2D eigenvalue weighted by Crippen LogP contribution is 2.00. The van der Waals surface area contributed by atoms with Crippen LogP contribution >= 0.6 is 0 Å². The van der Waals surface area contributed by atoms with Gasteiger partial charge in [0.2, 0.25) is 0 Å². The van der Waals surface area contributed by atoms with Gasteiger partial charge in [0, 0.05) is 12.6 Å². The van der Waals surface area contributed by atoms with Gasteiger partial charge in [0.05, 0.1) is 0 Å². The van der Waals surface area contributed by atoms with Crippen LogP contribution in [0.5, 0.6) is 0 Å². The molecule has 17 heavy (non-hydrogen) atoms. The lowest BCUT2D eigenvalue weighted by Crippen LogP contribution is -2.40. The van der Waals surface area contributed by atoms with E-state index in [9.17, 15) is 4.79 Å². The molecule has 0 spiro atoms. The van der Waals surface area contributed by atoms with Crippen molar-refractivity contribution in [2.75, 3.05) is 0 Å². The Hall–Kier alpha value is -1.51. The fraction of sp³-hybridized carbons (Fsp3) is 0.500. The van der Waals surface area contributed by atoms with Crippen molar-refractivity contribution in [1.29, 1.82) is 0 Å². The summed E-state index contributed by atoms with van der Waals surface area (Å²) in [6, 6.07) is 10.1. The van der Waals surface area contributed by atoms with Crippen LogP contribution in [0.15, 0.2) is 30.3 Å². The molecule has 0 heterocycles. The van der Waals surface area contributed by atoms with Gasteiger partial charge in [-0.15, -0.1) is 0 Å². The van der Waals surface area contributed by atoms with Gasteiger partial charge in [0.1, 0.15) is 0 Å². The molecule has 0 aliphatic carbocycles. The summed E-state index contributed by atoms with van der Waals surface area (Å²) < 4.78 is 0. The zero-order chi connectivity index (χ0) is 12.5. The Bertz CT molecular complexity index is 324. The van der Waals surface area contributed by atoms with E-state index < -0.39 is 0 Å². The number of hydrogen-bond acceptors (Lipinski definition) is 1. The van der Waals surface area contributed by atoms with E-state index in [1.54, 1.807) is 0 Å². The van der Waals surface area contributed by atoms with E-state index in [1.807, 2.05) is 37.3 Å². The minimum atomic E-state index is -0.0857. The molecule has 0 aliphatic heterocycles. The molecule has 1 rings (SSSR count). The molecule has 3 nitrogen and oxygen atoms in total. The van der Waals surface area contributed by atoms with Gasteiger partial charge in [-0.3, -0.25) is 0 Å². The van der Waals surface area contributed by atoms with E-state index >= 15 is 0 Å². The molecule has 1 unspecified atom stereocenters. The number of carbonyl (C=O) groups excluding carboxylic acids is 1. The first-order chi connectivity index (χ1) is 8.22. The summed E-state index contributed by atoms with van der Waals surface area (Å²) in [7, 11) is 0. The summed E-state index contributed by atoms with van der Waals surface area (Å²) in [4.78, 5) is 11.6. The largest absolute Gasteiger partial charge is 0.336 e. The van der Waals surface area contributed by atoms with Crippen molar-refractivity contribution in [2.24, 2.45) is 0 Å². The average molecular weight is 234 g/mol. The van der Waals surface area contributed by atoms with Crippen molar-refractivity contribution in [3.63, 3.8) is 0 Å². The second-order valence-corrected chi connectivity index (χ2v) is 4.36. The maximum atomic E-state index is 11.6. The molecule has 2 amide bonds. The third kappa shape index (κ3) is 5.95. The Labute approximate surface area is 104 Å². The van der Waals surface area contributed by atoms with E-state index in [0.717, 1.165) is 24.8 Å². The fourth-order valence-corrected chi connectivity index (χ4v) is 1.64. The fourth-order valence-electron chi connectivity index (χ4n) is 1.64. The molecule has 0 saturated heterocycles. The molecule has 1 aromatic carbocycles. The van der Waals surface area contributed by atoms with Crippen LogP contribution in [0.2, 0.25) is 0 Å². The third-order valence-corrected chi connectivity index (χ3v) is 2.66. The molecule has 0 aromatic heterocycles. The second-order valence-electron chi connectivity index (χ2n) is 4.36. The maximum Gasteiger partial charge on any atom is 0.315 e. The molecule has 3 heteroatoms. The standard InChI is InChI=1S/C14H22N2O/c1-3-4-8-12(2)16-14(17)15-11-13-9-6-5-7-10-13/h5-7,9-10,12H,3-4,8,11H2,1-2H3,(H2,15,16,17). The number of unbranched alkanes of at least 4 members (excludes halogenated alkanes) is 1. The van der Waals surface area contributed by atoms with Gasteiger partial charge in [-0.25, -0.2) is 4.79 Å². The van der Waals surface area contributed by atoms with Crippen LogP contribution in [0, 0.1) is 0 Å². The van der Waals surface area contributed by atoms with E-state index in [-0.39, 0.29) is 12.1 Å². The maximum absolute atomic E-state index is 11.6. The van der Waals surface area contributed by atoms with Gasteiger partial charge in [0.15, 0.2) is 0 Å². The highest BCUT2D eigenvalue weighted by molar-refractivity contribution is 5.74. The molecule has 0 bridgehead atoms. The van der Waals surface area contributed by atoms with E-state index in [0.29, 0.717) is 6.54 Å². The van der Waals surface area contributed by atoms with Gasteiger partial charge in [-0.05, 0) is 18.9 Å². The first-order valence-corrected chi connectivity index (χ1v) is 6.30. The lowest BCUT2D eigenvalue weighted by atomic mass is 10.1. The molecular weight excluding hydrogens is 212 g/mol. The molecule has 1 aromatic rings. The van der Waals surface area contributed by atoms with Crippen molar-refractivity contribution in [2.45, 2.75) is 45.7 Å². The van der Waals surface area contributed by atoms with Gasteiger partial charge < -0.3 is 10.6 Å². The van der Waals surface area contributed by atoms with Gasteiger partial charge in [0.25, 0.3) is 0 Å². The van der Waals surface area contributed by atoms with Crippen LogP contribution in [-0.4, -0.2) is 12.1 Å². The lowest BCUT2D eigenvalue weighted by molar-refractivity contribution is 0.236. The Morgan fingerprint density at radius 3 is 2.65 bits per heavy atom. The van der Waals surface area contributed by atoms with Crippen LogP contribution in [-0.2, 0) is 6.54 Å². The molecule has 94 valence electrons. The van der Waals surface area contributed by atoms with E-state index in [2.05, 4.69) is 17.6 Å². The second kappa shape index (κ2) is 7.71. The predicted octanol–water partition coefficient (Wildman–Crippen LogP) is 3.06. The number of carbonyl (C=O) groups is 1. The first-order valence-electron chi connectivity index (χ1n) is 6.30. The Kier molecular flexibility index (Phi) is 6.15. The van der Waals surface area contributed by atoms with E-state index in [4.69, 9.17) is 0 Å². The zero-order valence-corrected chi connectivity index (χ0v) is 10.7. The first kappa shape index (κ1) is 13.6. The molecule has 0 aliphatic rings. The quantitative estimate of drug-likeness (QED) is 0.780. The van der Waals surface area contributed by atoms with Gasteiger partial charge >= 0.3 is 6.03 Å². The van der Waals surface area contributed by atoms with Crippen molar-refractivity contribution in [1.82, 2.24) is 10.6 Å². The highest BCUT2D eigenvalue weighted by Gasteiger charge is 2.05. The zero-order valence-electron chi connectivity index (χ0n) is 10.7. The summed E-state index contributed by atoms with van der Waals surface area (Å²) in [5.41, 5.74) is 1.11. The lowest BCUT2D eigenvalue weighted by Gasteiger charge is -2.14. The molecule has 1 atom stereocenters. The van der Waals surface area contributed by atoms with Gasteiger partial charge in [-0.1, -0.05) is 50.1 Å². The van der Waals surface area contributed by atoms with Crippen LogP contribution in [0.25, 0.3) is 0 Å². The number of hydrogen-bond donors (Lipinski definition) is 2. The highest BCUT2D eigenvalue weighted by atomic mass is 16.2. The molecule has 0 radical (unpaired) electrons. The van der Waals surface area contributed by atoms with Crippen molar-refractivity contribution < 1.29 is 4.79 Å². The van der Waals surface area contributed by atoms with Crippen molar-refractivity contribution in [3.05, 3.63) is 35.9 Å². The number of benzene rings is 1. The summed E-state index contributed by atoms with van der Waals surface area (Å²) in [6.07, 6.45) is 3.35. The van der Waals surface area contributed by atoms with Crippen LogP contribution in [0.3, 0.4) is 0 Å². The van der Waals surface area contributed by atoms with Crippen molar-refractivity contribution in [3.8, 4) is 0 Å². The van der Waals surface area contributed by atoms with Crippen LogP contribution < -0.4 is 10.6 Å². The number of amides is 2. The Morgan fingerprint density at radius 1 is 1.29 bits per heavy atom. The topological polar surface area (TPSA) is 41.1 Å². The minimum absolute atomic E-state index is 0.0857. The smallest absolute Gasteiger partial charge is 0.315 e. The van der Waals surface area contributed by atoms with Crippen LogP contribution in [0.4, 0.5) is 4.79 Å². The van der Waals surface area contributed by atoms with Gasteiger partial charge in [-0.2, -0.15) is 0 Å². The normalized spacial score (nSPS) is 11.9. The summed E-state index contributed by atoms with van der Waals surface area (Å²) in [5.74, 6) is 0. The monoisotopic (exact) mass is 234 g/mol. The average Bonchev–Trinajstić information content (AvgIpc) is 2.35. The Balaban J connectivity index is 2.21. The third-order valence-electron chi connectivity index (χ3n) is 2.66. The number of urea groups is 1. The summed E-state index contributed by atoms with van der Waals surface area (Å²) >= 11 is 0. The number of nitrogens with one attached hydrogen (secondary N) is 2. The van der Waals surface area contributed by atoms with Crippen molar-refractivity contribution >= 4 is 6.03 Å². The van der Waals surface area contributed by atoms with E-state index in [1.165, 1.54) is 0 Å². The summed E-state index contributed by atoms with van der Waals surface area (Å²) in [6.45, 7) is 4.77. The number of rotatable bonds is 6. The Morgan fingerprint density at radius 2 is 2.00 bits per heavy atom. The SMILES string of the molecule is CCCCC(C)NC(=O)NCc1ccccc1. The molecule has 2 N–H and O–H groups in total.